The summed E-state index contributed by atoms with van der Waals surface area (Å²) in [7, 11) is 1.13. The molecule has 0 spiro atoms. The lowest BCUT2D eigenvalue weighted by Crippen LogP contribution is -2.31. The van der Waals surface area contributed by atoms with Crippen LogP contribution in [0.3, 0.4) is 0 Å². The molecule has 0 saturated heterocycles. The molecule has 2 heterocycles. The second kappa shape index (κ2) is 7.93. The third-order valence-electron chi connectivity index (χ3n) is 3.91. The molecule has 3 rings (SSSR count). The summed E-state index contributed by atoms with van der Waals surface area (Å²) in [5.74, 6) is -3.31. The number of carboxylic acid groups (broad SMARTS) is 1. The van der Waals surface area contributed by atoms with Crippen molar-refractivity contribution in [3.63, 3.8) is 0 Å². The Balaban J connectivity index is 1.86. The van der Waals surface area contributed by atoms with Gasteiger partial charge in [0, 0.05) is 18.7 Å². The number of aryl methyl sites for hydroxylation is 1. The molecule has 0 radical (unpaired) electrons. The van der Waals surface area contributed by atoms with Crippen molar-refractivity contribution in [2.45, 2.75) is 18.6 Å². The number of benzene rings is 1. The molecular formula is C17H13F4N5O4. The van der Waals surface area contributed by atoms with Gasteiger partial charge in [-0.05, 0) is 12.1 Å². The third-order valence-corrected chi connectivity index (χ3v) is 3.91. The Morgan fingerprint density at radius 1 is 1.30 bits per heavy atom. The van der Waals surface area contributed by atoms with Crippen molar-refractivity contribution in [2.75, 3.05) is 0 Å². The van der Waals surface area contributed by atoms with Gasteiger partial charge < -0.3 is 14.9 Å². The number of rotatable bonds is 6. The highest BCUT2D eigenvalue weighted by molar-refractivity contribution is 5.93. The topological polar surface area (TPSA) is 123 Å². The third kappa shape index (κ3) is 4.61. The zero-order chi connectivity index (χ0) is 22.1. The van der Waals surface area contributed by atoms with Gasteiger partial charge in [-0.2, -0.15) is 23.3 Å². The summed E-state index contributed by atoms with van der Waals surface area (Å²) in [5.41, 5.74) is -1.49. The lowest BCUT2D eigenvalue weighted by atomic mass is 10.2. The van der Waals surface area contributed by atoms with Gasteiger partial charge in [0.05, 0.1) is 6.42 Å². The molecule has 2 aromatic heterocycles. The maximum Gasteiger partial charge on any atom is 0.435 e. The largest absolute Gasteiger partial charge is 0.481 e. The van der Waals surface area contributed by atoms with Crippen LogP contribution in [0.15, 0.2) is 34.9 Å². The van der Waals surface area contributed by atoms with E-state index >= 15 is 0 Å². The number of alkyl halides is 3. The highest BCUT2D eigenvalue weighted by atomic mass is 19.4. The van der Waals surface area contributed by atoms with Crippen molar-refractivity contribution < 1.29 is 36.8 Å². The Hall–Kier alpha value is -3.77. The molecule has 158 valence electrons. The van der Waals surface area contributed by atoms with Crippen LogP contribution in [0.2, 0.25) is 0 Å². The second-order valence-corrected chi connectivity index (χ2v) is 6.13. The average molecular weight is 427 g/mol. The Bertz CT molecular complexity index is 1090. The Morgan fingerprint density at radius 2 is 2.03 bits per heavy atom. The van der Waals surface area contributed by atoms with Gasteiger partial charge in [-0.1, -0.05) is 17.3 Å². The molecule has 13 heteroatoms. The highest BCUT2D eigenvalue weighted by Crippen LogP contribution is 2.28. The molecule has 0 aliphatic rings. The molecule has 9 nitrogen and oxygen atoms in total. The number of nitrogens with zero attached hydrogens (tertiary/aromatic N) is 4. The summed E-state index contributed by atoms with van der Waals surface area (Å²) in [5, 5.41) is 18.2. The van der Waals surface area contributed by atoms with Crippen molar-refractivity contribution in [2.24, 2.45) is 7.05 Å². The molecule has 30 heavy (non-hydrogen) atoms. The van der Waals surface area contributed by atoms with Crippen molar-refractivity contribution >= 4 is 11.9 Å². The van der Waals surface area contributed by atoms with Crippen LogP contribution in [0.1, 0.15) is 34.5 Å². The monoisotopic (exact) mass is 427 g/mol. The number of hydrogen-bond donors (Lipinski definition) is 2. The molecule has 3 aromatic rings. The van der Waals surface area contributed by atoms with E-state index in [0.29, 0.717) is 10.7 Å². The molecule has 0 saturated carbocycles. The van der Waals surface area contributed by atoms with Gasteiger partial charge in [-0.15, -0.1) is 0 Å². The van der Waals surface area contributed by atoms with E-state index in [2.05, 4.69) is 20.6 Å². The van der Waals surface area contributed by atoms with Gasteiger partial charge >= 0.3 is 12.1 Å². The predicted octanol–water partition coefficient (Wildman–Crippen LogP) is 2.57. The summed E-state index contributed by atoms with van der Waals surface area (Å²) < 4.78 is 57.4. The SMILES string of the molecule is Cn1nc(C(F)(F)F)cc1C(=O)NC(CC(=O)O)c1nc(-c2cccc(F)c2)no1. The van der Waals surface area contributed by atoms with E-state index in [4.69, 9.17) is 9.63 Å². The van der Waals surface area contributed by atoms with Crippen LogP contribution in [-0.4, -0.2) is 36.9 Å². The van der Waals surface area contributed by atoms with Crippen molar-refractivity contribution in [3.05, 3.63) is 53.4 Å². The van der Waals surface area contributed by atoms with Gasteiger partial charge in [0.15, 0.2) is 5.69 Å². The van der Waals surface area contributed by atoms with Gasteiger partial charge in [0.25, 0.3) is 5.91 Å². The first-order chi connectivity index (χ1) is 14.0. The first kappa shape index (κ1) is 21.0. The lowest BCUT2D eigenvalue weighted by molar-refractivity contribution is -0.141. The number of carboxylic acids is 1. The van der Waals surface area contributed by atoms with E-state index in [0.717, 1.165) is 13.1 Å². The number of aromatic nitrogens is 4. The van der Waals surface area contributed by atoms with Gasteiger partial charge in [0.2, 0.25) is 11.7 Å². The van der Waals surface area contributed by atoms with E-state index in [1.165, 1.54) is 18.2 Å². The summed E-state index contributed by atoms with van der Waals surface area (Å²) in [6, 6.07) is 4.37. The second-order valence-electron chi connectivity index (χ2n) is 6.13. The van der Waals surface area contributed by atoms with Gasteiger partial charge in [-0.25, -0.2) is 4.39 Å². The van der Waals surface area contributed by atoms with Crippen molar-refractivity contribution in [3.8, 4) is 11.4 Å². The Morgan fingerprint density at radius 3 is 2.63 bits per heavy atom. The number of nitrogens with one attached hydrogen (secondary N) is 1. The normalized spacial score (nSPS) is 12.6. The molecule has 0 aliphatic carbocycles. The quantitative estimate of drug-likeness (QED) is 0.580. The number of amides is 1. The van der Waals surface area contributed by atoms with E-state index in [9.17, 15) is 27.2 Å². The van der Waals surface area contributed by atoms with E-state index < -0.39 is 47.7 Å². The highest BCUT2D eigenvalue weighted by Gasteiger charge is 2.36. The van der Waals surface area contributed by atoms with Crippen LogP contribution < -0.4 is 5.32 Å². The lowest BCUT2D eigenvalue weighted by Gasteiger charge is -2.12. The van der Waals surface area contributed by atoms with Crippen LogP contribution in [0.25, 0.3) is 11.4 Å². The number of carbonyl (C=O) groups is 2. The number of carbonyl (C=O) groups excluding carboxylic acids is 1. The fourth-order valence-corrected chi connectivity index (χ4v) is 2.55. The first-order valence-corrected chi connectivity index (χ1v) is 8.28. The molecule has 1 aromatic carbocycles. The zero-order valence-electron chi connectivity index (χ0n) is 15.1. The first-order valence-electron chi connectivity index (χ1n) is 8.28. The molecule has 1 amide bonds. The molecule has 0 aliphatic heterocycles. The minimum absolute atomic E-state index is 0.0611. The van der Waals surface area contributed by atoms with Gasteiger partial charge in [0.1, 0.15) is 17.6 Å². The van der Waals surface area contributed by atoms with Crippen LogP contribution in [-0.2, 0) is 18.0 Å². The van der Waals surface area contributed by atoms with Crippen LogP contribution >= 0.6 is 0 Å². The summed E-state index contributed by atoms with van der Waals surface area (Å²) >= 11 is 0. The molecule has 0 bridgehead atoms. The fourth-order valence-electron chi connectivity index (χ4n) is 2.55. The Labute approximate surface area is 165 Å². The molecule has 2 N–H and O–H groups in total. The maximum absolute atomic E-state index is 13.4. The smallest absolute Gasteiger partial charge is 0.435 e. The van der Waals surface area contributed by atoms with Crippen molar-refractivity contribution in [1.29, 1.82) is 0 Å². The number of hydrogen-bond acceptors (Lipinski definition) is 6. The van der Waals surface area contributed by atoms with Crippen molar-refractivity contribution in [1.82, 2.24) is 25.2 Å². The molecule has 1 atom stereocenters. The maximum atomic E-state index is 13.4. The average Bonchev–Trinajstić information content (AvgIpc) is 3.27. The minimum Gasteiger partial charge on any atom is -0.481 e. The summed E-state index contributed by atoms with van der Waals surface area (Å²) in [6.45, 7) is 0. The van der Waals surface area contributed by atoms with Crippen LogP contribution in [0.4, 0.5) is 17.6 Å². The number of aliphatic carboxylic acids is 1. The summed E-state index contributed by atoms with van der Waals surface area (Å²) in [6.07, 6.45) is -5.45. The molecule has 0 fully saturated rings. The Kier molecular flexibility index (Phi) is 5.54. The zero-order valence-corrected chi connectivity index (χ0v) is 15.1. The minimum atomic E-state index is -4.76. The van der Waals surface area contributed by atoms with Crippen LogP contribution in [0, 0.1) is 5.82 Å². The van der Waals surface area contributed by atoms with E-state index in [-0.39, 0.29) is 17.3 Å². The molecular weight excluding hydrogens is 414 g/mol. The predicted molar refractivity (Wildman–Crippen MR) is 90.4 cm³/mol. The molecule has 1 unspecified atom stereocenters. The van der Waals surface area contributed by atoms with Gasteiger partial charge in [-0.3, -0.25) is 14.3 Å². The standard InChI is InChI=1S/C17H13F4N5O4/c1-26-11(7-12(24-26)17(19,20)21)15(29)22-10(6-13(27)28)16-23-14(25-30-16)8-3-2-4-9(18)5-8/h2-5,7,10H,6H2,1H3,(H,22,29)(H,27,28). The van der Waals surface area contributed by atoms with E-state index in [1.54, 1.807) is 0 Å². The fraction of sp³-hybridized carbons (Fsp3) is 0.235. The van der Waals surface area contributed by atoms with E-state index in [1.807, 2.05) is 0 Å². The number of halogens is 4. The summed E-state index contributed by atoms with van der Waals surface area (Å²) in [4.78, 5) is 27.6. The van der Waals surface area contributed by atoms with Crippen LogP contribution in [0.5, 0.6) is 0 Å².